The highest BCUT2D eigenvalue weighted by Crippen LogP contribution is 2.33. The number of ether oxygens (including phenoxy) is 1. The summed E-state index contributed by atoms with van der Waals surface area (Å²) in [6, 6.07) is 13.5. The van der Waals surface area contributed by atoms with E-state index in [1.165, 1.54) is 0 Å². The Bertz CT molecular complexity index is 856. The van der Waals surface area contributed by atoms with Crippen LogP contribution in [0, 0.1) is 0 Å². The van der Waals surface area contributed by atoms with Crippen molar-refractivity contribution in [2.75, 3.05) is 19.6 Å². The van der Waals surface area contributed by atoms with Gasteiger partial charge in [0.1, 0.15) is 11.6 Å². The maximum absolute atomic E-state index is 12.1. The number of esters is 1. The highest BCUT2D eigenvalue weighted by Gasteiger charge is 2.25. The third-order valence-corrected chi connectivity index (χ3v) is 5.81. The lowest BCUT2D eigenvalue weighted by molar-refractivity contribution is -0.146. The molecule has 1 aromatic carbocycles. The molecule has 0 amide bonds. The molecule has 0 aliphatic carbocycles. The van der Waals surface area contributed by atoms with Gasteiger partial charge in [0.15, 0.2) is 10.8 Å². The second-order valence-corrected chi connectivity index (χ2v) is 7.63. The Hall–Kier alpha value is -2.51. The van der Waals surface area contributed by atoms with Gasteiger partial charge in [-0.15, -0.1) is 10.2 Å². The Morgan fingerprint density at radius 2 is 1.96 bits per heavy atom. The number of likely N-dealkylation sites (tertiary alicyclic amines) is 1. The van der Waals surface area contributed by atoms with Crippen molar-refractivity contribution in [3.63, 3.8) is 0 Å². The van der Waals surface area contributed by atoms with E-state index in [-0.39, 0.29) is 5.97 Å². The van der Waals surface area contributed by atoms with Crippen LogP contribution >= 0.6 is 11.3 Å². The van der Waals surface area contributed by atoms with Crippen molar-refractivity contribution in [3.05, 3.63) is 59.3 Å². The topological polar surface area (TPSA) is 68.5 Å². The first-order valence-electron chi connectivity index (χ1n) is 9.07. The molecule has 0 bridgehead atoms. The van der Waals surface area contributed by atoms with E-state index < -0.39 is 0 Å². The fourth-order valence-corrected chi connectivity index (χ4v) is 4.18. The van der Waals surface area contributed by atoms with E-state index in [1.807, 2.05) is 42.5 Å². The molecule has 3 aromatic rings. The van der Waals surface area contributed by atoms with E-state index in [4.69, 9.17) is 9.15 Å². The first-order valence-corrected chi connectivity index (χ1v) is 9.89. The van der Waals surface area contributed by atoms with Crippen molar-refractivity contribution in [2.24, 2.45) is 0 Å². The van der Waals surface area contributed by atoms with Crippen molar-refractivity contribution < 1.29 is 13.9 Å². The van der Waals surface area contributed by atoms with Crippen molar-refractivity contribution >= 4 is 17.3 Å². The molecule has 4 rings (SSSR count). The zero-order valence-corrected chi connectivity index (χ0v) is 15.7. The van der Waals surface area contributed by atoms with Crippen LogP contribution in [0.5, 0.6) is 0 Å². The molecule has 140 valence electrons. The third kappa shape index (κ3) is 4.61. The van der Waals surface area contributed by atoms with Crippen LogP contribution in [0.3, 0.4) is 0 Å². The number of nitrogens with zero attached hydrogens (tertiary/aromatic N) is 3. The highest BCUT2D eigenvalue weighted by atomic mass is 32.1. The Morgan fingerprint density at radius 1 is 1.15 bits per heavy atom. The first-order chi connectivity index (χ1) is 13.3. The molecule has 0 saturated carbocycles. The van der Waals surface area contributed by atoms with Gasteiger partial charge in [-0.1, -0.05) is 41.7 Å². The number of furan rings is 1. The largest absolute Gasteiger partial charge is 0.462 e. The van der Waals surface area contributed by atoms with E-state index in [0.29, 0.717) is 19.1 Å². The second kappa shape index (κ2) is 8.45. The number of aromatic nitrogens is 2. The van der Waals surface area contributed by atoms with Gasteiger partial charge >= 0.3 is 5.97 Å². The molecule has 3 heterocycles. The molecule has 0 spiro atoms. The standard InChI is InChI=1S/C20H21N3O3S/c24-18(26-14-15-5-2-1-3-6-15)13-23-10-8-16(9-11-23)19-21-22-20(27-19)17-7-4-12-25-17/h1-7,12,16H,8-11,13-14H2. The van der Waals surface area contributed by atoms with Gasteiger partial charge < -0.3 is 9.15 Å². The average Bonchev–Trinajstić information content (AvgIpc) is 3.39. The number of carbonyl (C=O) groups is 1. The minimum Gasteiger partial charge on any atom is -0.462 e. The Labute approximate surface area is 161 Å². The molecule has 7 heteroatoms. The number of hydrogen-bond donors (Lipinski definition) is 0. The molecule has 0 atom stereocenters. The molecule has 1 fully saturated rings. The summed E-state index contributed by atoms with van der Waals surface area (Å²) in [5, 5.41) is 10.5. The molecular formula is C20H21N3O3S. The molecule has 1 saturated heterocycles. The number of hydrogen-bond acceptors (Lipinski definition) is 7. The Kier molecular flexibility index (Phi) is 5.60. The van der Waals surface area contributed by atoms with Gasteiger partial charge in [0.25, 0.3) is 0 Å². The van der Waals surface area contributed by atoms with Crippen LogP contribution in [0.4, 0.5) is 0 Å². The van der Waals surface area contributed by atoms with E-state index in [0.717, 1.165) is 47.3 Å². The molecule has 2 aromatic heterocycles. The summed E-state index contributed by atoms with van der Waals surface area (Å²) in [4.78, 5) is 14.2. The van der Waals surface area contributed by atoms with E-state index >= 15 is 0 Å². The van der Waals surface area contributed by atoms with Crippen LogP contribution in [0.2, 0.25) is 0 Å². The lowest BCUT2D eigenvalue weighted by atomic mass is 9.98. The van der Waals surface area contributed by atoms with Crippen molar-refractivity contribution in [1.29, 1.82) is 0 Å². The normalized spacial score (nSPS) is 15.7. The molecular weight excluding hydrogens is 362 g/mol. The van der Waals surface area contributed by atoms with Gasteiger partial charge in [0, 0.05) is 5.92 Å². The van der Waals surface area contributed by atoms with Gasteiger partial charge in [0.2, 0.25) is 0 Å². The Morgan fingerprint density at radius 3 is 2.70 bits per heavy atom. The fourth-order valence-electron chi connectivity index (χ4n) is 3.20. The quantitative estimate of drug-likeness (QED) is 0.604. The summed E-state index contributed by atoms with van der Waals surface area (Å²) in [6.07, 6.45) is 3.59. The summed E-state index contributed by atoms with van der Waals surface area (Å²) in [6.45, 7) is 2.39. The minimum absolute atomic E-state index is 0.173. The van der Waals surface area contributed by atoms with Crippen LogP contribution in [0.25, 0.3) is 10.8 Å². The maximum atomic E-state index is 12.1. The summed E-state index contributed by atoms with van der Waals surface area (Å²) < 4.78 is 10.8. The van der Waals surface area contributed by atoms with Gasteiger partial charge in [-0.25, -0.2) is 0 Å². The van der Waals surface area contributed by atoms with Crippen LogP contribution in [0.15, 0.2) is 53.1 Å². The van der Waals surface area contributed by atoms with Crippen molar-refractivity contribution in [1.82, 2.24) is 15.1 Å². The van der Waals surface area contributed by atoms with Crippen molar-refractivity contribution in [2.45, 2.75) is 25.4 Å². The summed E-state index contributed by atoms with van der Waals surface area (Å²) >= 11 is 1.59. The lowest BCUT2D eigenvalue weighted by Crippen LogP contribution is -2.37. The third-order valence-electron chi connectivity index (χ3n) is 4.70. The zero-order chi connectivity index (χ0) is 18.5. The molecule has 6 nitrogen and oxygen atoms in total. The van der Waals surface area contributed by atoms with Gasteiger partial charge in [-0.05, 0) is 43.6 Å². The van der Waals surface area contributed by atoms with Crippen LogP contribution in [0.1, 0.15) is 29.3 Å². The van der Waals surface area contributed by atoms with E-state index in [2.05, 4.69) is 15.1 Å². The predicted octanol–water partition coefficient (Wildman–Crippen LogP) is 3.72. The van der Waals surface area contributed by atoms with Gasteiger partial charge in [0.05, 0.1) is 12.8 Å². The summed E-state index contributed by atoms with van der Waals surface area (Å²) in [7, 11) is 0. The summed E-state index contributed by atoms with van der Waals surface area (Å²) in [5.41, 5.74) is 1.01. The van der Waals surface area contributed by atoms with Crippen LogP contribution in [-0.2, 0) is 16.1 Å². The molecule has 0 radical (unpaired) electrons. The van der Waals surface area contributed by atoms with Crippen molar-refractivity contribution in [3.8, 4) is 10.8 Å². The number of carbonyl (C=O) groups excluding carboxylic acids is 1. The maximum Gasteiger partial charge on any atom is 0.320 e. The molecule has 27 heavy (non-hydrogen) atoms. The van der Waals surface area contributed by atoms with Crippen LogP contribution < -0.4 is 0 Å². The number of rotatable bonds is 6. The zero-order valence-electron chi connectivity index (χ0n) is 14.9. The highest BCUT2D eigenvalue weighted by molar-refractivity contribution is 7.14. The first kappa shape index (κ1) is 17.9. The molecule has 1 aliphatic heterocycles. The van der Waals surface area contributed by atoms with Gasteiger partial charge in [-0.2, -0.15) is 0 Å². The number of benzene rings is 1. The SMILES string of the molecule is O=C(CN1CCC(c2nnc(-c3ccco3)s2)CC1)OCc1ccccc1. The molecule has 0 unspecified atom stereocenters. The lowest BCUT2D eigenvalue weighted by Gasteiger charge is -2.29. The predicted molar refractivity (Wildman–Crippen MR) is 102 cm³/mol. The molecule has 0 N–H and O–H groups in total. The van der Waals surface area contributed by atoms with Gasteiger partial charge in [-0.3, -0.25) is 9.69 Å². The van der Waals surface area contributed by atoms with Crippen LogP contribution in [-0.4, -0.2) is 40.7 Å². The average molecular weight is 383 g/mol. The summed E-state index contributed by atoms with van der Waals surface area (Å²) in [5.74, 6) is 0.980. The molecule has 1 aliphatic rings. The fraction of sp³-hybridized carbons (Fsp3) is 0.350. The monoisotopic (exact) mass is 383 g/mol. The second-order valence-electron chi connectivity index (χ2n) is 6.62. The van der Waals surface area contributed by atoms with E-state index in [9.17, 15) is 4.79 Å². The smallest absolute Gasteiger partial charge is 0.320 e. The number of piperidine rings is 1. The minimum atomic E-state index is -0.173. The Balaban J connectivity index is 1.23. The van der Waals surface area contributed by atoms with E-state index in [1.54, 1.807) is 17.6 Å².